The third kappa shape index (κ3) is 4.87. The third-order valence-corrected chi connectivity index (χ3v) is 6.46. The number of hydrazine groups is 1. The molecule has 3 aromatic carbocycles. The summed E-state index contributed by atoms with van der Waals surface area (Å²) < 4.78 is 1.55. The highest BCUT2D eigenvalue weighted by Gasteiger charge is 2.17. The summed E-state index contributed by atoms with van der Waals surface area (Å²) in [5, 5.41) is 0.903. The molecular weight excluding hydrogens is 448 g/mol. The Labute approximate surface area is 201 Å². The maximum absolute atomic E-state index is 13.4. The van der Waals surface area contributed by atoms with E-state index in [9.17, 15) is 14.4 Å². The van der Waals surface area contributed by atoms with Crippen molar-refractivity contribution in [2.45, 2.75) is 25.9 Å². The predicted octanol–water partition coefficient (Wildman–Crippen LogP) is 3.86. The van der Waals surface area contributed by atoms with Crippen LogP contribution < -0.4 is 16.4 Å². The molecule has 1 heterocycles. The Balaban J connectivity index is 1.57. The van der Waals surface area contributed by atoms with Crippen LogP contribution in [0.15, 0.2) is 76.7 Å². The van der Waals surface area contributed by atoms with Crippen LogP contribution in [0.1, 0.15) is 27.0 Å². The number of thioether (sulfide) groups is 1. The van der Waals surface area contributed by atoms with Crippen LogP contribution in [0.2, 0.25) is 0 Å². The van der Waals surface area contributed by atoms with Crippen molar-refractivity contribution in [1.29, 1.82) is 0 Å². The minimum Gasteiger partial charge on any atom is -0.272 e. The first kappa shape index (κ1) is 23.3. The molecule has 0 bridgehead atoms. The number of hydrogen-bond donors (Lipinski definition) is 2. The van der Waals surface area contributed by atoms with Gasteiger partial charge in [0.2, 0.25) is 5.91 Å². The van der Waals surface area contributed by atoms with Gasteiger partial charge < -0.3 is 0 Å². The first-order valence-corrected chi connectivity index (χ1v) is 11.7. The molecule has 172 valence electrons. The van der Waals surface area contributed by atoms with Gasteiger partial charge in [-0.3, -0.25) is 29.8 Å². The molecule has 0 radical (unpaired) electrons. The Hall–Kier alpha value is -3.91. The molecule has 0 fully saturated rings. The number of amides is 2. The molecule has 4 aromatic rings. The molecular formula is C26H24N4O3S. The highest BCUT2D eigenvalue weighted by Crippen LogP contribution is 2.24. The summed E-state index contributed by atoms with van der Waals surface area (Å²) in [5.74, 6) is -0.862. The Kier molecular flexibility index (Phi) is 6.79. The Morgan fingerprint density at radius 3 is 2.41 bits per heavy atom. The maximum Gasteiger partial charge on any atom is 0.269 e. The van der Waals surface area contributed by atoms with Crippen molar-refractivity contribution in [3.8, 4) is 5.69 Å². The highest BCUT2D eigenvalue weighted by molar-refractivity contribution is 7.99. The molecule has 0 unspecified atom stereocenters. The second-order valence-corrected chi connectivity index (χ2v) is 8.87. The van der Waals surface area contributed by atoms with Gasteiger partial charge in [-0.25, -0.2) is 4.98 Å². The number of aryl methyl sites for hydroxylation is 2. The Morgan fingerprint density at radius 1 is 0.912 bits per heavy atom. The van der Waals surface area contributed by atoms with E-state index in [1.54, 1.807) is 34.9 Å². The first-order chi connectivity index (χ1) is 16.3. The number of hydrogen-bond acceptors (Lipinski definition) is 5. The van der Waals surface area contributed by atoms with Crippen molar-refractivity contribution in [2.24, 2.45) is 0 Å². The smallest absolute Gasteiger partial charge is 0.269 e. The van der Waals surface area contributed by atoms with Crippen LogP contribution in [0.3, 0.4) is 0 Å². The number of rotatable bonds is 5. The zero-order chi connectivity index (χ0) is 24.2. The van der Waals surface area contributed by atoms with E-state index < -0.39 is 11.8 Å². The van der Waals surface area contributed by atoms with Crippen LogP contribution in [0.4, 0.5) is 0 Å². The first-order valence-electron chi connectivity index (χ1n) is 10.7. The quantitative estimate of drug-likeness (QED) is 0.261. The topological polar surface area (TPSA) is 93.1 Å². The number of fused-ring (bicyclic) bond motifs is 1. The largest absolute Gasteiger partial charge is 0.272 e. The summed E-state index contributed by atoms with van der Waals surface area (Å²) in [7, 11) is 0. The molecule has 0 atom stereocenters. The second kappa shape index (κ2) is 9.93. The molecule has 7 nitrogen and oxygen atoms in total. The van der Waals surface area contributed by atoms with Crippen molar-refractivity contribution >= 4 is 34.5 Å². The normalized spacial score (nSPS) is 10.8. The van der Waals surface area contributed by atoms with Crippen LogP contribution in [-0.2, 0) is 4.79 Å². The highest BCUT2D eigenvalue weighted by atomic mass is 32.2. The number of benzene rings is 3. The molecule has 2 N–H and O–H groups in total. The summed E-state index contributed by atoms with van der Waals surface area (Å²) in [6.07, 6.45) is 0. The fourth-order valence-electron chi connectivity index (χ4n) is 3.47. The number of carbonyl (C=O) groups excluding carboxylic acids is 2. The molecule has 34 heavy (non-hydrogen) atoms. The molecule has 0 aliphatic heterocycles. The third-order valence-electron chi connectivity index (χ3n) is 5.52. The van der Waals surface area contributed by atoms with Gasteiger partial charge in [0.05, 0.1) is 22.3 Å². The van der Waals surface area contributed by atoms with E-state index in [-0.39, 0.29) is 11.3 Å². The molecule has 0 saturated heterocycles. The lowest BCUT2D eigenvalue weighted by Crippen LogP contribution is -2.42. The van der Waals surface area contributed by atoms with E-state index in [0.29, 0.717) is 21.6 Å². The van der Waals surface area contributed by atoms with Crippen molar-refractivity contribution < 1.29 is 9.59 Å². The molecule has 8 heteroatoms. The number of nitrogens with one attached hydrogen (secondary N) is 2. The fourth-order valence-corrected chi connectivity index (χ4v) is 4.27. The van der Waals surface area contributed by atoms with Crippen LogP contribution in [-0.4, -0.2) is 27.1 Å². The number of para-hydroxylation sites is 1. The Bertz CT molecular complexity index is 1450. The lowest BCUT2D eigenvalue weighted by atomic mass is 10.1. The van der Waals surface area contributed by atoms with Crippen LogP contribution in [0.5, 0.6) is 0 Å². The van der Waals surface area contributed by atoms with Crippen molar-refractivity contribution in [3.63, 3.8) is 0 Å². The summed E-state index contributed by atoms with van der Waals surface area (Å²) in [6, 6.07) is 19.9. The maximum atomic E-state index is 13.4. The van der Waals surface area contributed by atoms with E-state index in [0.717, 1.165) is 34.1 Å². The molecule has 2 amide bonds. The second-order valence-electron chi connectivity index (χ2n) is 7.93. The monoisotopic (exact) mass is 472 g/mol. The minimum atomic E-state index is -0.416. The fraction of sp³-hybridized carbons (Fsp3) is 0.154. The van der Waals surface area contributed by atoms with Gasteiger partial charge in [0.25, 0.3) is 11.5 Å². The Morgan fingerprint density at radius 2 is 1.65 bits per heavy atom. The minimum absolute atomic E-state index is 0.0379. The summed E-state index contributed by atoms with van der Waals surface area (Å²) in [6.45, 7) is 5.86. The summed E-state index contributed by atoms with van der Waals surface area (Å²) >= 11 is 1.13. The van der Waals surface area contributed by atoms with Gasteiger partial charge in [-0.2, -0.15) is 0 Å². The zero-order valence-corrected chi connectivity index (χ0v) is 19.9. The van der Waals surface area contributed by atoms with Gasteiger partial charge >= 0.3 is 0 Å². The average molecular weight is 473 g/mol. The van der Waals surface area contributed by atoms with Crippen LogP contribution in [0, 0.1) is 20.8 Å². The summed E-state index contributed by atoms with van der Waals surface area (Å²) in [5.41, 5.74) is 9.41. The number of carbonyl (C=O) groups is 2. The van der Waals surface area contributed by atoms with E-state index in [4.69, 9.17) is 0 Å². The van der Waals surface area contributed by atoms with Gasteiger partial charge in [0.15, 0.2) is 5.16 Å². The predicted molar refractivity (Wildman–Crippen MR) is 134 cm³/mol. The molecule has 0 saturated carbocycles. The van der Waals surface area contributed by atoms with Crippen molar-refractivity contribution in [2.75, 3.05) is 5.75 Å². The standard InChI is InChI=1S/C26H24N4O3S/c1-16-11-13-19(14-12-16)24(32)29-28-23(31)15-34-26-27-21-9-5-4-8-20(21)25(33)30(26)22-10-6-7-17(2)18(22)3/h4-14H,15H2,1-3H3,(H,28,31)(H,29,32). The summed E-state index contributed by atoms with van der Waals surface area (Å²) in [4.78, 5) is 42.8. The van der Waals surface area contributed by atoms with Gasteiger partial charge in [-0.1, -0.05) is 53.7 Å². The van der Waals surface area contributed by atoms with E-state index >= 15 is 0 Å². The molecule has 0 spiro atoms. The van der Waals surface area contributed by atoms with E-state index in [1.807, 2.05) is 57.2 Å². The van der Waals surface area contributed by atoms with Gasteiger partial charge in [-0.05, 0) is 62.2 Å². The van der Waals surface area contributed by atoms with E-state index in [2.05, 4.69) is 15.8 Å². The average Bonchev–Trinajstić information content (AvgIpc) is 2.84. The molecule has 0 aliphatic carbocycles. The number of aromatic nitrogens is 2. The van der Waals surface area contributed by atoms with Crippen LogP contribution >= 0.6 is 11.8 Å². The zero-order valence-electron chi connectivity index (χ0n) is 19.1. The molecule has 0 aliphatic rings. The van der Waals surface area contributed by atoms with Crippen LogP contribution in [0.25, 0.3) is 16.6 Å². The SMILES string of the molecule is Cc1ccc(C(=O)NNC(=O)CSc2nc3ccccc3c(=O)n2-c2cccc(C)c2C)cc1. The molecule has 1 aromatic heterocycles. The van der Waals surface area contributed by atoms with Gasteiger partial charge in [0, 0.05) is 5.56 Å². The van der Waals surface area contributed by atoms with Crippen molar-refractivity contribution in [3.05, 3.63) is 99.3 Å². The van der Waals surface area contributed by atoms with E-state index in [1.165, 1.54) is 0 Å². The van der Waals surface area contributed by atoms with Gasteiger partial charge in [-0.15, -0.1) is 0 Å². The lowest BCUT2D eigenvalue weighted by molar-refractivity contribution is -0.119. The molecule has 4 rings (SSSR count). The number of nitrogens with zero attached hydrogens (tertiary/aromatic N) is 2. The van der Waals surface area contributed by atoms with Crippen molar-refractivity contribution in [1.82, 2.24) is 20.4 Å². The van der Waals surface area contributed by atoms with Gasteiger partial charge in [0.1, 0.15) is 0 Å². The lowest BCUT2D eigenvalue weighted by Gasteiger charge is -2.16.